The van der Waals surface area contributed by atoms with Gasteiger partial charge in [-0.2, -0.15) is 0 Å². The maximum absolute atomic E-state index is 11.6. The first-order valence-electron chi connectivity index (χ1n) is 5.45. The van der Waals surface area contributed by atoms with Crippen LogP contribution >= 0.6 is 0 Å². The molecular formula is C11H14O5. The number of hydrogen-bond donors (Lipinski definition) is 0. The predicted molar refractivity (Wildman–Crippen MR) is 52.0 cm³/mol. The molecule has 16 heavy (non-hydrogen) atoms. The van der Waals surface area contributed by atoms with Crippen molar-refractivity contribution in [3.63, 3.8) is 0 Å². The van der Waals surface area contributed by atoms with Gasteiger partial charge in [0.1, 0.15) is 0 Å². The van der Waals surface area contributed by atoms with E-state index in [2.05, 4.69) is 0 Å². The number of carbonyl (C=O) groups excluding carboxylic acids is 1. The summed E-state index contributed by atoms with van der Waals surface area (Å²) in [5, 5.41) is 0. The number of rotatable bonds is 1. The third-order valence-corrected chi connectivity index (χ3v) is 3.57. The summed E-state index contributed by atoms with van der Waals surface area (Å²) in [6, 6.07) is 0. The first kappa shape index (κ1) is 10.1. The molecular weight excluding hydrogens is 212 g/mol. The molecule has 0 aromatic carbocycles. The van der Waals surface area contributed by atoms with E-state index >= 15 is 0 Å². The van der Waals surface area contributed by atoms with E-state index < -0.39 is 0 Å². The summed E-state index contributed by atoms with van der Waals surface area (Å²) < 4.78 is 21.3. The van der Waals surface area contributed by atoms with Gasteiger partial charge in [0.2, 0.25) is 6.29 Å². The Kier molecular flexibility index (Phi) is 2.19. The summed E-state index contributed by atoms with van der Waals surface area (Å²) in [7, 11) is 1.38. The second-order valence-corrected chi connectivity index (χ2v) is 4.40. The van der Waals surface area contributed by atoms with Gasteiger partial charge >= 0.3 is 5.97 Å². The Morgan fingerprint density at radius 2 is 2.31 bits per heavy atom. The van der Waals surface area contributed by atoms with Gasteiger partial charge in [-0.1, -0.05) is 0 Å². The zero-order chi connectivity index (χ0) is 11.3. The molecule has 3 saturated heterocycles. The number of methoxy groups -OCH3 is 1. The van der Waals surface area contributed by atoms with E-state index in [1.807, 2.05) is 6.92 Å². The van der Waals surface area contributed by atoms with Crippen LogP contribution in [0.15, 0.2) is 11.8 Å². The van der Waals surface area contributed by atoms with Crippen molar-refractivity contribution in [2.24, 2.45) is 11.8 Å². The van der Waals surface area contributed by atoms with E-state index in [-0.39, 0.29) is 36.5 Å². The average Bonchev–Trinajstić information content (AvgIpc) is 2.27. The lowest BCUT2D eigenvalue weighted by Gasteiger charge is -2.51. The topological polar surface area (TPSA) is 54.0 Å². The molecule has 5 heteroatoms. The van der Waals surface area contributed by atoms with Crippen molar-refractivity contribution >= 4 is 5.97 Å². The fourth-order valence-electron chi connectivity index (χ4n) is 2.82. The van der Waals surface area contributed by atoms with Gasteiger partial charge in [-0.05, 0) is 6.92 Å². The van der Waals surface area contributed by atoms with Gasteiger partial charge in [0.25, 0.3) is 0 Å². The van der Waals surface area contributed by atoms with Crippen LogP contribution in [0.3, 0.4) is 0 Å². The Bertz CT molecular complexity index is 350. The van der Waals surface area contributed by atoms with Gasteiger partial charge in [-0.25, -0.2) is 4.79 Å². The molecule has 4 aliphatic rings. The van der Waals surface area contributed by atoms with Crippen molar-refractivity contribution < 1.29 is 23.7 Å². The summed E-state index contributed by atoms with van der Waals surface area (Å²) in [6.45, 7) is 1.99. The van der Waals surface area contributed by atoms with Crippen LogP contribution in [0, 0.1) is 11.8 Å². The van der Waals surface area contributed by atoms with Gasteiger partial charge in [0.05, 0.1) is 31.0 Å². The Balaban J connectivity index is 1.93. The summed E-state index contributed by atoms with van der Waals surface area (Å²) >= 11 is 0. The minimum absolute atomic E-state index is 0.0517. The van der Waals surface area contributed by atoms with Gasteiger partial charge in [-0.3, -0.25) is 0 Å². The SMILES string of the molecule is COC(=O)C1=CO[C@H]2O[C@H]3C[C@@H]1[C@@H]2[C@H](C)O3. The van der Waals surface area contributed by atoms with E-state index in [1.165, 1.54) is 13.4 Å². The monoisotopic (exact) mass is 226 g/mol. The summed E-state index contributed by atoms with van der Waals surface area (Å²) in [6.07, 6.45) is 1.70. The predicted octanol–water partition coefficient (Wildman–Crippen LogP) is 0.797. The Labute approximate surface area is 93.3 Å². The van der Waals surface area contributed by atoms with Gasteiger partial charge in [0, 0.05) is 12.3 Å². The highest BCUT2D eigenvalue weighted by molar-refractivity contribution is 5.89. The number of fused-ring (bicyclic) bond motifs is 1. The maximum atomic E-state index is 11.6. The van der Waals surface area contributed by atoms with Gasteiger partial charge in [0.15, 0.2) is 6.29 Å². The van der Waals surface area contributed by atoms with Crippen LogP contribution in [0.1, 0.15) is 13.3 Å². The van der Waals surface area contributed by atoms with Crippen LogP contribution in [0.4, 0.5) is 0 Å². The van der Waals surface area contributed by atoms with E-state index in [9.17, 15) is 4.79 Å². The normalized spacial score (nSPS) is 44.6. The second-order valence-electron chi connectivity index (χ2n) is 4.40. The van der Waals surface area contributed by atoms with E-state index in [0.29, 0.717) is 12.0 Å². The molecule has 88 valence electrons. The van der Waals surface area contributed by atoms with Gasteiger partial charge in [-0.15, -0.1) is 0 Å². The van der Waals surface area contributed by atoms with Crippen molar-refractivity contribution in [1.29, 1.82) is 0 Å². The molecule has 0 unspecified atom stereocenters. The van der Waals surface area contributed by atoms with E-state index in [4.69, 9.17) is 18.9 Å². The van der Waals surface area contributed by atoms with Crippen LogP contribution in [-0.4, -0.2) is 31.8 Å². The highest BCUT2D eigenvalue weighted by Gasteiger charge is 2.53. The van der Waals surface area contributed by atoms with Crippen LogP contribution in [-0.2, 0) is 23.7 Å². The molecule has 0 aliphatic carbocycles. The standard InChI is InChI=1S/C11H14O5/c1-5-9-6-3-8(15-5)16-11(9)14-4-7(6)10(12)13-2/h4-6,8-9,11H,3H2,1-2H3/t5-,6-,8-,9-,11-/m0/s1. The highest BCUT2D eigenvalue weighted by Crippen LogP contribution is 2.47. The first-order chi connectivity index (χ1) is 7.70. The van der Waals surface area contributed by atoms with Gasteiger partial charge < -0.3 is 18.9 Å². The summed E-state index contributed by atoms with van der Waals surface area (Å²) in [5.74, 6) is -0.0963. The summed E-state index contributed by atoms with van der Waals surface area (Å²) in [5.41, 5.74) is 0.604. The molecule has 0 radical (unpaired) electrons. The highest BCUT2D eigenvalue weighted by atomic mass is 16.8. The molecule has 3 fully saturated rings. The molecule has 0 aromatic rings. The lowest BCUT2D eigenvalue weighted by molar-refractivity contribution is -0.363. The molecule has 5 atom stereocenters. The van der Waals surface area contributed by atoms with Crippen LogP contribution in [0.5, 0.6) is 0 Å². The zero-order valence-electron chi connectivity index (χ0n) is 9.21. The largest absolute Gasteiger partial charge is 0.471 e. The Hall–Kier alpha value is -1.07. The number of ether oxygens (including phenoxy) is 4. The number of hydrogen-bond acceptors (Lipinski definition) is 5. The average molecular weight is 226 g/mol. The third kappa shape index (κ3) is 1.28. The quantitative estimate of drug-likeness (QED) is 0.619. The van der Waals surface area contributed by atoms with Crippen LogP contribution in [0.2, 0.25) is 0 Å². The molecule has 4 heterocycles. The molecule has 4 rings (SSSR count). The Morgan fingerprint density at radius 3 is 3.00 bits per heavy atom. The van der Waals surface area contributed by atoms with Crippen molar-refractivity contribution in [3.05, 3.63) is 11.8 Å². The molecule has 5 nitrogen and oxygen atoms in total. The van der Waals surface area contributed by atoms with Crippen LogP contribution < -0.4 is 0 Å². The second kappa shape index (κ2) is 3.46. The van der Waals surface area contributed by atoms with Crippen molar-refractivity contribution in [3.8, 4) is 0 Å². The smallest absolute Gasteiger partial charge is 0.337 e. The summed E-state index contributed by atoms with van der Waals surface area (Å²) in [4.78, 5) is 11.6. The third-order valence-electron chi connectivity index (χ3n) is 3.57. The lowest BCUT2D eigenvalue weighted by atomic mass is 9.75. The van der Waals surface area contributed by atoms with E-state index in [0.717, 1.165) is 0 Å². The number of carbonyl (C=O) groups is 1. The van der Waals surface area contributed by atoms with Crippen molar-refractivity contribution in [1.82, 2.24) is 0 Å². The zero-order valence-corrected chi connectivity index (χ0v) is 9.21. The molecule has 0 spiro atoms. The molecule has 0 aromatic heterocycles. The van der Waals surface area contributed by atoms with Crippen molar-refractivity contribution in [2.45, 2.75) is 32.0 Å². The Morgan fingerprint density at radius 1 is 1.50 bits per heavy atom. The number of esters is 1. The molecule has 0 N–H and O–H groups in total. The molecule has 0 amide bonds. The van der Waals surface area contributed by atoms with Crippen molar-refractivity contribution in [2.75, 3.05) is 7.11 Å². The minimum atomic E-state index is -0.316. The van der Waals surface area contributed by atoms with E-state index in [1.54, 1.807) is 0 Å². The first-order valence-corrected chi connectivity index (χ1v) is 5.45. The molecule has 4 bridgehead atoms. The molecule has 0 saturated carbocycles. The molecule has 4 aliphatic heterocycles. The fraction of sp³-hybridized carbons (Fsp3) is 0.727. The minimum Gasteiger partial charge on any atom is -0.471 e. The fourth-order valence-corrected chi connectivity index (χ4v) is 2.82. The maximum Gasteiger partial charge on any atom is 0.337 e. The lowest BCUT2D eigenvalue weighted by Crippen LogP contribution is -2.57. The van der Waals surface area contributed by atoms with Crippen LogP contribution in [0.25, 0.3) is 0 Å².